The van der Waals surface area contributed by atoms with Crippen molar-refractivity contribution >= 4 is 23.6 Å². The largest absolute Gasteiger partial charge is 0.452 e. The van der Waals surface area contributed by atoms with Crippen LogP contribution in [0.3, 0.4) is 0 Å². The Morgan fingerprint density at radius 1 is 1.23 bits per heavy atom. The summed E-state index contributed by atoms with van der Waals surface area (Å²) in [7, 11) is 0. The van der Waals surface area contributed by atoms with Gasteiger partial charge in [-0.3, -0.25) is 4.79 Å². The number of benzene rings is 1. The van der Waals surface area contributed by atoms with Gasteiger partial charge >= 0.3 is 5.97 Å². The molecule has 0 aliphatic heterocycles. The van der Waals surface area contributed by atoms with Gasteiger partial charge in [-0.05, 0) is 50.1 Å². The summed E-state index contributed by atoms with van der Waals surface area (Å²) < 4.78 is 23.9. The summed E-state index contributed by atoms with van der Waals surface area (Å²) in [6.07, 6.45) is 1.58. The van der Waals surface area contributed by atoms with Crippen molar-refractivity contribution in [2.24, 2.45) is 0 Å². The first-order chi connectivity index (χ1) is 14.8. The van der Waals surface area contributed by atoms with Crippen molar-refractivity contribution in [2.45, 2.75) is 38.1 Å². The van der Waals surface area contributed by atoms with E-state index in [0.29, 0.717) is 21.9 Å². The minimum atomic E-state index is -0.647. The van der Waals surface area contributed by atoms with E-state index in [9.17, 15) is 14.0 Å². The fraction of sp³-hybridized carbons (Fsp3) is 0.273. The highest BCUT2D eigenvalue weighted by Gasteiger charge is 2.17. The number of esters is 1. The first-order valence-corrected chi connectivity index (χ1v) is 10.5. The molecule has 1 N–H and O–H groups in total. The van der Waals surface area contributed by atoms with Gasteiger partial charge in [-0.2, -0.15) is 0 Å². The molecule has 0 bridgehead atoms. The Morgan fingerprint density at radius 2 is 2.03 bits per heavy atom. The number of carbonyl (C=O) groups excluding carboxylic acids is 2. The smallest absolute Gasteiger partial charge is 0.341 e. The highest BCUT2D eigenvalue weighted by atomic mass is 32.2. The van der Waals surface area contributed by atoms with E-state index in [-0.39, 0.29) is 17.9 Å². The van der Waals surface area contributed by atoms with Gasteiger partial charge in [0.2, 0.25) is 0 Å². The number of aromatic nitrogens is 2. The van der Waals surface area contributed by atoms with Crippen LogP contribution in [0.4, 0.5) is 4.39 Å². The summed E-state index contributed by atoms with van der Waals surface area (Å²) >= 11 is 1.36. The fourth-order valence-corrected chi connectivity index (χ4v) is 3.85. The third-order valence-electron chi connectivity index (χ3n) is 4.59. The Hall–Kier alpha value is -3.20. The lowest BCUT2D eigenvalue weighted by Gasteiger charge is -2.09. The molecule has 0 atom stereocenters. The molecule has 9 heteroatoms. The zero-order valence-corrected chi connectivity index (χ0v) is 18.2. The molecule has 0 aliphatic rings. The molecule has 0 aliphatic carbocycles. The van der Waals surface area contributed by atoms with E-state index in [1.54, 1.807) is 37.4 Å². The van der Waals surface area contributed by atoms with E-state index in [0.717, 1.165) is 17.0 Å². The third kappa shape index (κ3) is 5.91. The van der Waals surface area contributed by atoms with E-state index in [4.69, 9.17) is 9.26 Å². The van der Waals surface area contributed by atoms with Crippen LogP contribution in [0.1, 0.15) is 38.5 Å². The summed E-state index contributed by atoms with van der Waals surface area (Å²) in [6.45, 7) is 5.03. The summed E-state index contributed by atoms with van der Waals surface area (Å²) in [5.41, 5.74) is 3.15. The lowest BCUT2D eigenvalue weighted by Crippen LogP contribution is -2.28. The first kappa shape index (κ1) is 22.5. The lowest BCUT2D eigenvalue weighted by molar-refractivity contribution is -0.124. The zero-order valence-electron chi connectivity index (χ0n) is 17.4. The molecule has 2 aromatic heterocycles. The maximum Gasteiger partial charge on any atom is 0.341 e. The first-order valence-electron chi connectivity index (χ1n) is 9.53. The molecule has 162 valence electrons. The normalized spacial score (nSPS) is 10.7. The number of pyridine rings is 1. The molecule has 2 heterocycles. The number of hydrogen-bond donors (Lipinski definition) is 1. The van der Waals surface area contributed by atoms with Crippen LogP contribution >= 0.6 is 11.8 Å². The second kappa shape index (κ2) is 10.2. The molecule has 0 radical (unpaired) electrons. The van der Waals surface area contributed by atoms with Crippen LogP contribution in [0, 0.1) is 26.6 Å². The van der Waals surface area contributed by atoms with Gasteiger partial charge in [0.1, 0.15) is 16.6 Å². The van der Waals surface area contributed by atoms with Crippen LogP contribution < -0.4 is 5.32 Å². The van der Waals surface area contributed by atoms with Gasteiger partial charge in [-0.25, -0.2) is 14.2 Å². The number of amides is 1. The van der Waals surface area contributed by atoms with Crippen LogP contribution in [-0.4, -0.2) is 28.6 Å². The van der Waals surface area contributed by atoms with E-state index in [1.807, 2.05) is 13.8 Å². The Balaban J connectivity index is 1.54. The summed E-state index contributed by atoms with van der Waals surface area (Å²) in [6, 6.07) is 7.95. The number of thioether (sulfide) groups is 1. The second-order valence-electron chi connectivity index (χ2n) is 6.88. The molecule has 1 amide bonds. The molecule has 7 nitrogen and oxygen atoms in total. The molecule has 1 aromatic carbocycles. The topological polar surface area (TPSA) is 94.3 Å². The van der Waals surface area contributed by atoms with Crippen molar-refractivity contribution in [1.82, 2.24) is 15.5 Å². The number of nitrogens with zero attached hydrogens (tertiary/aromatic N) is 2. The van der Waals surface area contributed by atoms with Crippen molar-refractivity contribution in [3.05, 3.63) is 76.1 Å². The molecule has 31 heavy (non-hydrogen) atoms. The maximum absolute atomic E-state index is 13.6. The van der Waals surface area contributed by atoms with Crippen molar-refractivity contribution in [3.8, 4) is 0 Å². The van der Waals surface area contributed by atoms with Gasteiger partial charge in [-0.1, -0.05) is 17.3 Å². The Labute approximate surface area is 183 Å². The van der Waals surface area contributed by atoms with E-state index < -0.39 is 18.5 Å². The Kier molecular flexibility index (Phi) is 7.41. The summed E-state index contributed by atoms with van der Waals surface area (Å²) in [4.78, 5) is 28.8. The molecular formula is C22H22FN3O4S. The van der Waals surface area contributed by atoms with Crippen molar-refractivity contribution in [2.75, 3.05) is 6.61 Å². The van der Waals surface area contributed by atoms with Gasteiger partial charge in [0.05, 0.1) is 11.3 Å². The number of nitrogens with one attached hydrogen (secondary N) is 1. The minimum absolute atomic E-state index is 0.138. The van der Waals surface area contributed by atoms with Crippen molar-refractivity contribution in [3.63, 3.8) is 0 Å². The van der Waals surface area contributed by atoms with Gasteiger partial charge in [0.25, 0.3) is 5.91 Å². The van der Waals surface area contributed by atoms with Crippen LogP contribution in [0.2, 0.25) is 0 Å². The number of rotatable bonds is 8. The quantitative estimate of drug-likeness (QED) is 0.417. The number of ether oxygens (including phenoxy) is 1. The maximum atomic E-state index is 13.6. The zero-order chi connectivity index (χ0) is 22.4. The van der Waals surface area contributed by atoms with Gasteiger partial charge in [-0.15, -0.1) is 11.8 Å². The number of hydrogen-bond acceptors (Lipinski definition) is 7. The standard InChI is InChI=1S/C22H22FN3O4S/c1-13-6-7-16(9-19(13)23)10-25-20(27)11-29-22(28)17-5-4-8-24-21(17)31-12-18-14(2)26-30-15(18)3/h4-9H,10-12H2,1-3H3,(H,25,27). The summed E-state index contributed by atoms with van der Waals surface area (Å²) in [5.74, 6) is -0.216. The predicted molar refractivity (Wildman–Crippen MR) is 113 cm³/mol. The molecule has 0 saturated heterocycles. The van der Waals surface area contributed by atoms with Gasteiger partial charge < -0.3 is 14.6 Å². The highest BCUT2D eigenvalue weighted by molar-refractivity contribution is 7.98. The minimum Gasteiger partial charge on any atom is -0.452 e. The molecule has 3 rings (SSSR count). The van der Waals surface area contributed by atoms with E-state index in [2.05, 4.69) is 15.5 Å². The Bertz CT molecular complexity index is 1080. The molecule has 0 spiro atoms. The monoisotopic (exact) mass is 443 g/mol. The van der Waals surface area contributed by atoms with Gasteiger partial charge in [0, 0.05) is 24.1 Å². The molecule has 0 saturated carbocycles. The highest BCUT2D eigenvalue weighted by Crippen LogP contribution is 2.27. The SMILES string of the molecule is Cc1ccc(CNC(=O)COC(=O)c2cccnc2SCc2c(C)noc2C)cc1F. The summed E-state index contributed by atoms with van der Waals surface area (Å²) in [5, 5.41) is 7.01. The second-order valence-corrected chi connectivity index (χ2v) is 7.85. The van der Waals surface area contributed by atoms with Crippen molar-refractivity contribution in [1.29, 1.82) is 0 Å². The van der Waals surface area contributed by atoms with E-state index >= 15 is 0 Å². The number of carbonyl (C=O) groups is 2. The van der Waals surface area contributed by atoms with Gasteiger partial charge in [0.15, 0.2) is 6.61 Å². The number of aryl methyl sites for hydroxylation is 3. The molecule has 3 aromatic rings. The van der Waals surface area contributed by atoms with Crippen LogP contribution in [-0.2, 0) is 21.8 Å². The van der Waals surface area contributed by atoms with E-state index in [1.165, 1.54) is 17.8 Å². The Morgan fingerprint density at radius 3 is 2.74 bits per heavy atom. The average Bonchev–Trinajstić information content (AvgIpc) is 3.08. The van der Waals surface area contributed by atoms with Crippen LogP contribution in [0.25, 0.3) is 0 Å². The van der Waals surface area contributed by atoms with Crippen LogP contribution in [0.15, 0.2) is 46.1 Å². The number of halogens is 1. The molecule has 0 unspecified atom stereocenters. The third-order valence-corrected chi connectivity index (χ3v) is 5.62. The van der Waals surface area contributed by atoms with Crippen LogP contribution in [0.5, 0.6) is 0 Å². The lowest BCUT2D eigenvalue weighted by atomic mass is 10.1. The predicted octanol–water partition coefficient (Wildman–Crippen LogP) is 3.90. The molecular weight excluding hydrogens is 421 g/mol. The van der Waals surface area contributed by atoms with Crippen molar-refractivity contribution < 1.29 is 23.2 Å². The molecule has 0 fully saturated rings. The average molecular weight is 444 g/mol. The fourth-order valence-electron chi connectivity index (χ4n) is 2.72.